The molecule has 0 amide bonds. The maximum atomic E-state index is 5.78. The molecule has 3 rings (SSSR count). The zero-order valence-corrected chi connectivity index (χ0v) is 13.9. The molecule has 2 aromatic carbocycles. The molecule has 1 aliphatic carbocycles. The molecule has 120 valence electrons. The first-order valence-corrected chi connectivity index (χ1v) is 8.55. The smallest absolute Gasteiger partial charge is 0.170 e. The molecule has 4 heteroatoms. The van der Waals surface area contributed by atoms with Crippen LogP contribution in [-0.2, 0) is 6.61 Å². The third kappa shape index (κ3) is 4.96. The quantitative estimate of drug-likeness (QED) is 0.793. The summed E-state index contributed by atoms with van der Waals surface area (Å²) in [7, 11) is 0. The highest BCUT2D eigenvalue weighted by Crippen LogP contribution is 2.19. The van der Waals surface area contributed by atoms with Crippen molar-refractivity contribution >= 4 is 23.0 Å². The predicted octanol–water partition coefficient (Wildman–Crippen LogP) is 4.49. The Morgan fingerprint density at radius 1 is 1.00 bits per heavy atom. The van der Waals surface area contributed by atoms with E-state index in [1.165, 1.54) is 25.7 Å². The second-order valence-electron chi connectivity index (χ2n) is 5.88. The van der Waals surface area contributed by atoms with Crippen LogP contribution in [0.1, 0.15) is 31.2 Å². The van der Waals surface area contributed by atoms with Crippen LogP contribution >= 0.6 is 12.2 Å². The summed E-state index contributed by atoms with van der Waals surface area (Å²) in [5, 5.41) is 7.32. The van der Waals surface area contributed by atoms with Crippen LogP contribution in [0.25, 0.3) is 0 Å². The monoisotopic (exact) mass is 326 g/mol. The van der Waals surface area contributed by atoms with Crippen LogP contribution in [0.4, 0.5) is 5.69 Å². The van der Waals surface area contributed by atoms with Gasteiger partial charge in [0.2, 0.25) is 0 Å². The first-order valence-electron chi connectivity index (χ1n) is 8.14. The lowest BCUT2D eigenvalue weighted by Gasteiger charge is -2.16. The van der Waals surface area contributed by atoms with Gasteiger partial charge in [-0.05, 0) is 54.9 Å². The lowest BCUT2D eigenvalue weighted by molar-refractivity contribution is 0.306. The Labute approximate surface area is 143 Å². The van der Waals surface area contributed by atoms with Gasteiger partial charge in [0.05, 0.1) is 0 Å². The third-order valence-corrected chi connectivity index (χ3v) is 4.27. The predicted molar refractivity (Wildman–Crippen MR) is 98.8 cm³/mol. The van der Waals surface area contributed by atoms with Gasteiger partial charge in [-0.2, -0.15) is 0 Å². The molecule has 0 heterocycles. The minimum atomic E-state index is 0.531. The Hall–Kier alpha value is -2.07. The van der Waals surface area contributed by atoms with Gasteiger partial charge >= 0.3 is 0 Å². The summed E-state index contributed by atoms with van der Waals surface area (Å²) < 4.78 is 5.78. The fourth-order valence-electron chi connectivity index (χ4n) is 2.80. The molecule has 0 aliphatic heterocycles. The van der Waals surface area contributed by atoms with E-state index in [9.17, 15) is 0 Å². The summed E-state index contributed by atoms with van der Waals surface area (Å²) in [5.74, 6) is 0.856. The van der Waals surface area contributed by atoms with Crippen LogP contribution in [-0.4, -0.2) is 11.2 Å². The fourth-order valence-corrected chi connectivity index (χ4v) is 3.08. The van der Waals surface area contributed by atoms with Crippen LogP contribution in [0.15, 0.2) is 54.6 Å². The SMILES string of the molecule is S=C(Nc1ccc(OCc2ccccc2)cc1)NC1CCCC1. The van der Waals surface area contributed by atoms with E-state index >= 15 is 0 Å². The van der Waals surface area contributed by atoms with Crippen molar-refractivity contribution in [1.29, 1.82) is 0 Å². The van der Waals surface area contributed by atoms with Crippen LogP contribution < -0.4 is 15.4 Å². The molecule has 1 aliphatic rings. The standard InChI is InChI=1S/C19H22N2OS/c23-19(20-16-8-4-5-9-16)21-17-10-12-18(13-11-17)22-14-15-6-2-1-3-7-15/h1-3,6-7,10-13,16H,4-5,8-9,14H2,(H2,20,21,23). The van der Waals surface area contributed by atoms with Crippen LogP contribution in [0.5, 0.6) is 5.75 Å². The lowest BCUT2D eigenvalue weighted by atomic mass is 10.2. The number of hydrogen-bond donors (Lipinski definition) is 2. The maximum absolute atomic E-state index is 5.78. The molecule has 23 heavy (non-hydrogen) atoms. The van der Waals surface area contributed by atoms with Crippen LogP contribution in [0, 0.1) is 0 Å². The molecule has 0 aromatic heterocycles. The molecule has 2 aromatic rings. The number of nitrogens with one attached hydrogen (secondary N) is 2. The van der Waals surface area contributed by atoms with Gasteiger partial charge in [0.1, 0.15) is 12.4 Å². The Balaban J connectivity index is 1.47. The van der Waals surface area contributed by atoms with E-state index in [0.717, 1.165) is 17.0 Å². The Kier molecular flexibility index (Phi) is 5.48. The minimum Gasteiger partial charge on any atom is -0.489 e. The molecular formula is C19H22N2OS. The number of anilines is 1. The summed E-state index contributed by atoms with van der Waals surface area (Å²) in [6.45, 7) is 0.579. The molecule has 0 atom stereocenters. The zero-order valence-electron chi connectivity index (χ0n) is 13.1. The average molecular weight is 326 g/mol. The molecule has 1 fully saturated rings. The van der Waals surface area contributed by atoms with Crippen molar-refractivity contribution in [3.63, 3.8) is 0 Å². The minimum absolute atomic E-state index is 0.531. The molecule has 0 spiro atoms. The van der Waals surface area contributed by atoms with Crippen molar-refractivity contribution in [2.45, 2.75) is 38.3 Å². The van der Waals surface area contributed by atoms with Gasteiger partial charge in [0.25, 0.3) is 0 Å². The molecule has 0 radical (unpaired) electrons. The van der Waals surface area contributed by atoms with E-state index in [-0.39, 0.29) is 0 Å². The number of hydrogen-bond acceptors (Lipinski definition) is 2. The topological polar surface area (TPSA) is 33.3 Å². The van der Waals surface area contributed by atoms with Gasteiger partial charge in [0.15, 0.2) is 5.11 Å². The second-order valence-corrected chi connectivity index (χ2v) is 6.29. The normalized spacial score (nSPS) is 14.4. The fraction of sp³-hybridized carbons (Fsp3) is 0.316. The number of thiocarbonyl (C=S) groups is 1. The van der Waals surface area contributed by atoms with Crippen molar-refractivity contribution in [2.75, 3.05) is 5.32 Å². The molecule has 3 nitrogen and oxygen atoms in total. The van der Waals surface area contributed by atoms with E-state index in [4.69, 9.17) is 17.0 Å². The first kappa shape index (κ1) is 15.8. The van der Waals surface area contributed by atoms with E-state index < -0.39 is 0 Å². The summed E-state index contributed by atoms with van der Waals surface area (Å²) in [6, 6.07) is 18.6. The summed E-state index contributed by atoms with van der Waals surface area (Å²) in [5.41, 5.74) is 2.14. The van der Waals surface area contributed by atoms with Crippen molar-refractivity contribution < 1.29 is 4.74 Å². The second kappa shape index (κ2) is 7.97. The van der Waals surface area contributed by atoms with Gasteiger partial charge in [-0.25, -0.2) is 0 Å². The van der Waals surface area contributed by atoms with Gasteiger partial charge in [-0.15, -0.1) is 0 Å². The molecule has 1 saturated carbocycles. The molecule has 2 N–H and O–H groups in total. The molecule has 0 unspecified atom stereocenters. The van der Waals surface area contributed by atoms with Crippen molar-refractivity contribution in [1.82, 2.24) is 5.32 Å². The summed E-state index contributed by atoms with van der Waals surface area (Å²) in [6.07, 6.45) is 5.03. The average Bonchev–Trinajstić information content (AvgIpc) is 3.08. The highest BCUT2D eigenvalue weighted by atomic mass is 32.1. The largest absolute Gasteiger partial charge is 0.489 e. The molecule has 0 saturated heterocycles. The number of ether oxygens (including phenoxy) is 1. The summed E-state index contributed by atoms with van der Waals surface area (Å²) >= 11 is 5.37. The van der Waals surface area contributed by atoms with Gasteiger partial charge in [-0.3, -0.25) is 0 Å². The Morgan fingerprint density at radius 3 is 2.39 bits per heavy atom. The van der Waals surface area contributed by atoms with Gasteiger partial charge < -0.3 is 15.4 Å². The molecular weight excluding hydrogens is 304 g/mol. The third-order valence-electron chi connectivity index (χ3n) is 4.05. The number of rotatable bonds is 5. The van der Waals surface area contributed by atoms with Crippen molar-refractivity contribution in [3.05, 3.63) is 60.2 Å². The van der Waals surface area contributed by atoms with E-state index in [0.29, 0.717) is 17.8 Å². The van der Waals surface area contributed by atoms with Crippen LogP contribution in [0.3, 0.4) is 0 Å². The van der Waals surface area contributed by atoms with Crippen molar-refractivity contribution in [3.8, 4) is 5.75 Å². The summed E-state index contributed by atoms with van der Waals surface area (Å²) in [4.78, 5) is 0. The van der Waals surface area contributed by atoms with Crippen molar-refractivity contribution in [2.24, 2.45) is 0 Å². The molecule has 0 bridgehead atoms. The highest BCUT2D eigenvalue weighted by Gasteiger charge is 2.15. The Bertz CT molecular complexity index is 622. The van der Waals surface area contributed by atoms with Gasteiger partial charge in [-0.1, -0.05) is 43.2 Å². The maximum Gasteiger partial charge on any atom is 0.170 e. The lowest BCUT2D eigenvalue weighted by Crippen LogP contribution is -2.35. The zero-order chi connectivity index (χ0) is 15.9. The van der Waals surface area contributed by atoms with Crippen LogP contribution in [0.2, 0.25) is 0 Å². The first-order chi connectivity index (χ1) is 11.3. The van der Waals surface area contributed by atoms with E-state index in [2.05, 4.69) is 22.8 Å². The van der Waals surface area contributed by atoms with Gasteiger partial charge in [0, 0.05) is 11.7 Å². The van der Waals surface area contributed by atoms with E-state index in [1.807, 2.05) is 42.5 Å². The Morgan fingerprint density at radius 2 is 1.70 bits per heavy atom. The van der Waals surface area contributed by atoms with E-state index in [1.54, 1.807) is 0 Å². The number of benzene rings is 2. The highest BCUT2D eigenvalue weighted by molar-refractivity contribution is 7.80.